The number of fused-ring (bicyclic) bond motifs is 6. The Morgan fingerprint density at radius 3 is 2.79 bits per heavy atom. The van der Waals surface area contributed by atoms with Gasteiger partial charge in [-0.2, -0.15) is 0 Å². The summed E-state index contributed by atoms with van der Waals surface area (Å²) in [6.07, 6.45) is 1.20. The van der Waals surface area contributed by atoms with Crippen LogP contribution in [0.1, 0.15) is 50.3 Å². The van der Waals surface area contributed by atoms with E-state index in [1.165, 1.54) is 11.1 Å². The molecule has 1 aromatic rings. The number of hydrogen-bond donors (Lipinski definition) is 2. The molecule has 9 nitrogen and oxygen atoms in total. The molecular weight excluding hydrogens is 438 g/mol. The molecule has 2 N–H and O–H groups in total. The number of carbonyl (C=O) groups is 2. The molecule has 182 valence electrons. The van der Waals surface area contributed by atoms with Crippen molar-refractivity contribution in [3.63, 3.8) is 0 Å². The first-order valence-electron chi connectivity index (χ1n) is 12.5. The quantitative estimate of drug-likeness (QED) is 0.673. The van der Waals surface area contributed by atoms with E-state index < -0.39 is 47.8 Å². The van der Waals surface area contributed by atoms with E-state index >= 15 is 0 Å². The normalized spacial score (nSPS) is 44.3. The summed E-state index contributed by atoms with van der Waals surface area (Å²) in [5.74, 6) is -1.44. The van der Waals surface area contributed by atoms with Gasteiger partial charge in [0.05, 0.1) is 18.1 Å². The number of urea groups is 1. The van der Waals surface area contributed by atoms with Crippen LogP contribution in [0.2, 0.25) is 0 Å². The summed E-state index contributed by atoms with van der Waals surface area (Å²) in [6, 6.07) is 7.93. The van der Waals surface area contributed by atoms with Crippen molar-refractivity contribution in [2.24, 2.45) is 5.92 Å². The summed E-state index contributed by atoms with van der Waals surface area (Å²) >= 11 is 0. The van der Waals surface area contributed by atoms with Crippen LogP contribution in [0.3, 0.4) is 0 Å². The van der Waals surface area contributed by atoms with E-state index in [1.807, 2.05) is 19.9 Å². The van der Waals surface area contributed by atoms with Crippen molar-refractivity contribution in [2.45, 2.75) is 87.5 Å². The third-order valence-corrected chi connectivity index (χ3v) is 9.00. The molecule has 0 radical (unpaired) electrons. The average molecular weight is 470 g/mol. The summed E-state index contributed by atoms with van der Waals surface area (Å²) in [4.78, 5) is 31.4. The van der Waals surface area contributed by atoms with Crippen LogP contribution < -0.4 is 5.32 Å². The van der Waals surface area contributed by atoms with E-state index in [0.29, 0.717) is 0 Å². The number of ether oxygens (including phenoxy) is 3. The standard InChI is InChI=1S/C25H31N3O6/c1-24(2)33-19-15(12-29)32-22(20(19)34-24)28-23(31)26-21(30)17-18-14-7-4-3-6-13(14)9-11-27(18)16-8-5-10-25(16,17)28/h3-4,6-7,15-20,22,29H,5,8-12H2,1-2H3,(H,26,30,31)/t15-,16?,17?,18?,19-,20-,22?,25?/m1/s1. The molecule has 0 aromatic heterocycles. The maximum Gasteiger partial charge on any atom is 0.326 e. The van der Waals surface area contributed by atoms with Crippen LogP contribution in [0.15, 0.2) is 24.3 Å². The number of imide groups is 1. The SMILES string of the molecule is CC1(C)O[C@@H]2[C@@H](CO)OC(N3C(=O)NC(=O)C4C5c6ccccc6CCN5C5CCCC453)[C@@H]2O1. The number of benzene rings is 1. The Bertz CT molecular complexity index is 1060. The molecule has 7 rings (SSSR count). The van der Waals surface area contributed by atoms with Gasteiger partial charge >= 0.3 is 6.03 Å². The van der Waals surface area contributed by atoms with Gasteiger partial charge in [-0.15, -0.1) is 0 Å². The van der Waals surface area contributed by atoms with Gasteiger partial charge in [0.2, 0.25) is 5.91 Å². The summed E-state index contributed by atoms with van der Waals surface area (Å²) in [6.45, 7) is 4.31. The lowest BCUT2D eigenvalue weighted by atomic mass is 9.74. The maximum absolute atomic E-state index is 13.6. The number of nitrogens with zero attached hydrogens (tertiary/aromatic N) is 2. The van der Waals surface area contributed by atoms with Gasteiger partial charge in [-0.25, -0.2) is 4.79 Å². The number of amides is 3. The predicted octanol–water partition coefficient (Wildman–Crippen LogP) is 1.30. The second-order valence-corrected chi connectivity index (χ2v) is 11.0. The molecule has 1 aromatic carbocycles. The van der Waals surface area contributed by atoms with Gasteiger partial charge in [0, 0.05) is 18.6 Å². The molecule has 1 aliphatic carbocycles. The van der Waals surface area contributed by atoms with E-state index in [9.17, 15) is 14.7 Å². The second-order valence-electron chi connectivity index (χ2n) is 11.0. The predicted molar refractivity (Wildman–Crippen MR) is 118 cm³/mol. The number of hydrogen-bond acceptors (Lipinski definition) is 7. The lowest BCUT2D eigenvalue weighted by Gasteiger charge is -2.51. The number of aliphatic hydroxyl groups is 1. The molecule has 5 aliphatic heterocycles. The first-order chi connectivity index (χ1) is 16.4. The van der Waals surface area contributed by atoms with Crippen LogP contribution >= 0.6 is 0 Å². The molecule has 1 spiro atoms. The van der Waals surface area contributed by atoms with Crippen LogP contribution in [-0.2, 0) is 25.4 Å². The molecule has 5 fully saturated rings. The molecule has 4 saturated heterocycles. The van der Waals surface area contributed by atoms with Gasteiger partial charge in [-0.1, -0.05) is 24.3 Å². The summed E-state index contributed by atoms with van der Waals surface area (Å²) in [5, 5.41) is 12.7. The first kappa shape index (κ1) is 21.3. The van der Waals surface area contributed by atoms with Crippen LogP contribution in [0.25, 0.3) is 0 Å². The molecule has 1 saturated carbocycles. The summed E-state index contributed by atoms with van der Waals surface area (Å²) < 4.78 is 18.6. The van der Waals surface area contributed by atoms with E-state index in [4.69, 9.17) is 14.2 Å². The van der Waals surface area contributed by atoms with Crippen LogP contribution in [0.4, 0.5) is 4.79 Å². The zero-order valence-electron chi connectivity index (χ0n) is 19.5. The van der Waals surface area contributed by atoms with Crippen molar-refractivity contribution < 1.29 is 28.9 Å². The van der Waals surface area contributed by atoms with Crippen LogP contribution in [0, 0.1) is 5.92 Å². The third kappa shape index (κ3) is 2.57. The number of rotatable bonds is 2. The highest BCUT2D eigenvalue weighted by Gasteiger charge is 2.73. The van der Waals surface area contributed by atoms with Gasteiger partial charge in [0.15, 0.2) is 12.0 Å². The fourth-order valence-electron chi connectivity index (χ4n) is 8.02. The first-order valence-corrected chi connectivity index (χ1v) is 12.5. The van der Waals surface area contributed by atoms with E-state index in [2.05, 4.69) is 28.4 Å². The van der Waals surface area contributed by atoms with E-state index in [-0.39, 0.29) is 24.6 Å². The topological polar surface area (TPSA) is 101 Å². The Hall–Kier alpha value is -2.04. The Morgan fingerprint density at radius 2 is 1.97 bits per heavy atom. The lowest BCUT2D eigenvalue weighted by molar-refractivity contribution is -0.215. The molecule has 6 aliphatic rings. The minimum atomic E-state index is -0.842. The minimum absolute atomic E-state index is 0.0661. The van der Waals surface area contributed by atoms with Crippen molar-refractivity contribution in [1.29, 1.82) is 0 Å². The highest BCUT2D eigenvalue weighted by molar-refractivity contribution is 6.00. The largest absolute Gasteiger partial charge is 0.394 e. The smallest absolute Gasteiger partial charge is 0.326 e. The van der Waals surface area contributed by atoms with E-state index in [1.54, 1.807) is 4.90 Å². The molecule has 5 heterocycles. The Kier molecular flexibility index (Phi) is 4.38. The third-order valence-electron chi connectivity index (χ3n) is 9.00. The van der Waals surface area contributed by atoms with Gasteiger partial charge in [-0.05, 0) is 50.7 Å². The fourth-order valence-corrected chi connectivity index (χ4v) is 8.02. The highest BCUT2D eigenvalue weighted by atomic mass is 16.8. The monoisotopic (exact) mass is 469 g/mol. The zero-order valence-corrected chi connectivity index (χ0v) is 19.5. The second kappa shape index (κ2) is 7.01. The zero-order chi connectivity index (χ0) is 23.4. The van der Waals surface area contributed by atoms with Crippen LogP contribution in [-0.4, -0.2) is 81.9 Å². The highest BCUT2D eigenvalue weighted by Crippen LogP contribution is 2.61. The number of nitrogens with one attached hydrogen (secondary N) is 1. The average Bonchev–Trinajstić information content (AvgIpc) is 3.50. The van der Waals surface area contributed by atoms with Crippen molar-refractivity contribution >= 4 is 11.9 Å². The Morgan fingerprint density at radius 1 is 1.18 bits per heavy atom. The lowest BCUT2D eigenvalue weighted by Crippen LogP contribution is -2.72. The molecule has 9 heteroatoms. The molecule has 3 amide bonds. The maximum atomic E-state index is 13.6. The number of carbonyl (C=O) groups excluding carboxylic acids is 2. The van der Waals surface area contributed by atoms with Gasteiger partial charge in [0.25, 0.3) is 0 Å². The van der Waals surface area contributed by atoms with Gasteiger partial charge in [-0.3, -0.25) is 19.9 Å². The molecule has 5 unspecified atom stereocenters. The van der Waals surface area contributed by atoms with Crippen molar-refractivity contribution in [3.8, 4) is 0 Å². The Balaban J connectivity index is 1.36. The summed E-state index contributed by atoms with van der Waals surface area (Å²) in [5.41, 5.74) is 1.79. The van der Waals surface area contributed by atoms with Crippen molar-refractivity contribution in [2.75, 3.05) is 13.2 Å². The van der Waals surface area contributed by atoms with Gasteiger partial charge in [0.1, 0.15) is 18.3 Å². The Labute approximate surface area is 198 Å². The van der Waals surface area contributed by atoms with Gasteiger partial charge < -0.3 is 19.3 Å². The number of aliphatic hydroxyl groups excluding tert-OH is 1. The minimum Gasteiger partial charge on any atom is -0.394 e. The molecular formula is C25H31N3O6. The molecule has 34 heavy (non-hydrogen) atoms. The molecule has 8 atom stereocenters. The van der Waals surface area contributed by atoms with E-state index in [0.717, 1.165) is 32.2 Å². The summed E-state index contributed by atoms with van der Waals surface area (Å²) in [7, 11) is 0. The van der Waals surface area contributed by atoms with Crippen LogP contribution in [0.5, 0.6) is 0 Å². The fraction of sp³-hybridized carbons (Fsp3) is 0.680. The molecule has 0 bridgehead atoms. The van der Waals surface area contributed by atoms with Crippen molar-refractivity contribution in [1.82, 2.24) is 15.1 Å². The van der Waals surface area contributed by atoms with Crippen molar-refractivity contribution in [3.05, 3.63) is 35.4 Å².